The summed E-state index contributed by atoms with van der Waals surface area (Å²) in [5.74, 6) is -0.803. The van der Waals surface area contributed by atoms with E-state index in [4.69, 9.17) is 0 Å². The third kappa shape index (κ3) is 2.71. The van der Waals surface area contributed by atoms with Crippen LogP contribution in [0.5, 0.6) is 0 Å². The van der Waals surface area contributed by atoms with Crippen LogP contribution in [0.3, 0.4) is 0 Å². The van der Waals surface area contributed by atoms with Gasteiger partial charge in [0.15, 0.2) is 0 Å². The zero-order valence-corrected chi connectivity index (χ0v) is 9.44. The van der Waals surface area contributed by atoms with E-state index in [9.17, 15) is 13.6 Å². The summed E-state index contributed by atoms with van der Waals surface area (Å²) < 4.78 is 26.3. The summed E-state index contributed by atoms with van der Waals surface area (Å²) >= 11 is 0. The van der Waals surface area contributed by atoms with Gasteiger partial charge in [0.05, 0.1) is 6.04 Å². The molecule has 1 N–H and O–H groups in total. The maximum atomic E-state index is 13.2. The lowest BCUT2D eigenvalue weighted by Crippen LogP contribution is -2.20. The molecule has 2 aromatic rings. The van der Waals surface area contributed by atoms with E-state index < -0.39 is 17.7 Å². The monoisotopic (exact) mass is 247 g/mol. The van der Waals surface area contributed by atoms with Crippen molar-refractivity contribution in [1.82, 2.24) is 5.32 Å². The SMILES string of the molecule is O=CNC(c1cccc(F)c1)c1cccc(F)c1. The maximum Gasteiger partial charge on any atom is 0.207 e. The van der Waals surface area contributed by atoms with Crippen molar-refractivity contribution in [3.63, 3.8) is 0 Å². The molecule has 0 radical (unpaired) electrons. The summed E-state index contributed by atoms with van der Waals surface area (Å²) in [5, 5.41) is 2.56. The zero-order chi connectivity index (χ0) is 13.0. The van der Waals surface area contributed by atoms with Gasteiger partial charge in [0.2, 0.25) is 6.41 Å². The maximum absolute atomic E-state index is 13.2. The van der Waals surface area contributed by atoms with Crippen LogP contribution in [0.2, 0.25) is 0 Å². The summed E-state index contributed by atoms with van der Waals surface area (Å²) in [5.41, 5.74) is 1.13. The smallest absolute Gasteiger partial charge is 0.207 e. The van der Waals surface area contributed by atoms with E-state index in [0.29, 0.717) is 17.5 Å². The highest BCUT2D eigenvalue weighted by atomic mass is 19.1. The fourth-order valence-electron chi connectivity index (χ4n) is 1.83. The Balaban J connectivity index is 2.42. The Hall–Kier alpha value is -2.23. The van der Waals surface area contributed by atoms with Crippen LogP contribution < -0.4 is 5.32 Å². The summed E-state index contributed by atoms with van der Waals surface area (Å²) in [7, 11) is 0. The zero-order valence-electron chi connectivity index (χ0n) is 9.44. The van der Waals surface area contributed by atoms with Crippen molar-refractivity contribution in [2.24, 2.45) is 0 Å². The molecule has 0 unspecified atom stereocenters. The molecular weight excluding hydrogens is 236 g/mol. The summed E-state index contributed by atoms with van der Waals surface area (Å²) in [6, 6.07) is 11.1. The number of halogens is 2. The lowest BCUT2D eigenvalue weighted by molar-refractivity contribution is -0.110. The molecular formula is C14H11F2NO. The number of nitrogens with one attached hydrogen (secondary N) is 1. The molecule has 0 saturated heterocycles. The third-order valence-corrected chi connectivity index (χ3v) is 2.60. The van der Waals surface area contributed by atoms with E-state index in [0.717, 1.165) is 0 Å². The molecule has 0 fully saturated rings. The van der Waals surface area contributed by atoms with Crippen LogP contribution in [0.4, 0.5) is 8.78 Å². The summed E-state index contributed by atoms with van der Waals surface area (Å²) in [4.78, 5) is 10.6. The van der Waals surface area contributed by atoms with E-state index in [1.165, 1.54) is 24.3 Å². The first-order valence-corrected chi connectivity index (χ1v) is 5.41. The minimum atomic E-state index is -0.561. The van der Waals surface area contributed by atoms with Crippen LogP contribution in [0, 0.1) is 11.6 Å². The second-order valence-corrected chi connectivity index (χ2v) is 3.83. The van der Waals surface area contributed by atoms with Gasteiger partial charge in [-0.15, -0.1) is 0 Å². The van der Waals surface area contributed by atoms with E-state index in [2.05, 4.69) is 5.32 Å². The number of amides is 1. The van der Waals surface area contributed by atoms with Crippen LogP contribution >= 0.6 is 0 Å². The quantitative estimate of drug-likeness (QED) is 0.827. The van der Waals surface area contributed by atoms with Gasteiger partial charge in [-0.05, 0) is 35.4 Å². The average molecular weight is 247 g/mol. The van der Waals surface area contributed by atoms with E-state index in [1.807, 2.05) is 0 Å². The molecule has 0 aromatic heterocycles. The van der Waals surface area contributed by atoms with E-state index in [-0.39, 0.29) is 0 Å². The minimum absolute atomic E-state index is 0.401. The highest BCUT2D eigenvalue weighted by Gasteiger charge is 2.14. The topological polar surface area (TPSA) is 29.1 Å². The Morgan fingerprint density at radius 3 is 1.83 bits per heavy atom. The van der Waals surface area contributed by atoms with Crippen molar-refractivity contribution in [1.29, 1.82) is 0 Å². The molecule has 0 aliphatic rings. The summed E-state index contributed by atoms with van der Waals surface area (Å²) in [6.45, 7) is 0. The summed E-state index contributed by atoms with van der Waals surface area (Å²) in [6.07, 6.45) is 0.514. The molecule has 2 rings (SSSR count). The van der Waals surface area contributed by atoms with Crippen molar-refractivity contribution in [2.45, 2.75) is 6.04 Å². The van der Waals surface area contributed by atoms with Gasteiger partial charge in [0.25, 0.3) is 0 Å². The fourth-order valence-corrected chi connectivity index (χ4v) is 1.83. The third-order valence-electron chi connectivity index (χ3n) is 2.60. The van der Waals surface area contributed by atoms with Crippen molar-refractivity contribution in [3.05, 3.63) is 71.3 Å². The van der Waals surface area contributed by atoms with Gasteiger partial charge in [-0.25, -0.2) is 8.78 Å². The fraction of sp³-hybridized carbons (Fsp3) is 0.0714. The first-order valence-electron chi connectivity index (χ1n) is 5.41. The second kappa shape index (κ2) is 5.40. The largest absolute Gasteiger partial charge is 0.348 e. The molecule has 0 aliphatic carbocycles. The van der Waals surface area contributed by atoms with Crippen molar-refractivity contribution in [2.75, 3.05) is 0 Å². The Kier molecular flexibility index (Phi) is 3.67. The second-order valence-electron chi connectivity index (χ2n) is 3.83. The van der Waals surface area contributed by atoms with Gasteiger partial charge in [-0.3, -0.25) is 4.79 Å². The molecule has 0 saturated carbocycles. The number of hydrogen-bond donors (Lipinski definition) is 1. The van der Waals surface area contributed by atoms with Crippen molar-refractivity contribution >= 4 is 6.41 Å². The van der Waals surface area contributed by atoms with Gasteiger partial charge in [-0.2, -0.15) is 0 Å². The molecule has 2 aromatic carbocycles. The molecule has 0 atom stereocenters. The van der Waals surface area contributed by atoms with Gasteiger partial charge < -0.3 is 5.32 Å². The molecule has 1 amide bonds. The predicted octanol–water partition coefficient (Wildman–Crippen LogP) is 2.80. The van der Waals surface area contributed by atoms with Gasteiger partial charge in [-0.1, -0.05) is 24.3 Å². The molecule has 0 heterocycles. The molecule has 2 nitrogen and oxygen atoms in total. The minimum Gasteiger partial charge on any atom is -0.348 e. The first kappa shape index (κ1) is 12.2. The lowest BCUT2D eigenvalue weighted by atomic mass is 9.99. The number of benzene rings is 2. The highest BCUT2D eigenvalue weighted by Crippen LogP contribution is 2.22. The van der Waals surface area contributed by atoms with E-state index in [1.54, 1.807) is 24.3 Å². The number of hydrogen-bond acceptors (Lipinski definition) is 1. The Labute approximate surface area is 103 Å². The normalized spacial score (nSPS) is 10.4. The van der Waals surface area contributed by atoms with Crippen LogP contribution in [0.1, 0.15) is 17.2 Å². The molecule has 18 heavy (non-hydrogen) atoms. The Morgan fingerprint density at radius 1 is 0.944 bits per heavy atom. The van der Waals surface area contributed by atoms with Gasteiger partial charge in [0, 0.05) is 0 Å². The Morgan fingerprint density at radius 2 is 1.44 bits per heavy atom. The predicted molar refractivity (Wildman–Crippen MR) is 63.8 cm³/mol. The Bertz CT molecular complexity index is 511. The van der Waals surface area contributed by atoms with Gasteiger partial charge in [0.1, 0.15) is 11.6 Å². The molecule has 0 bridgehead atoms. The first-order chi connectivity index (χ1) is 8.70. The van der Waals surface area contributed by atoms with Crippen molar-refractivity contribution in [3.8, 4) is 0 Å². The standard InChI is InChI=1S/C14H11F2NO/c15-12-5-1-3-10(7-12)14(17-9-18)11-4-2-6-13(16)8-11/h1-9,14H,(H,17,18). The van der Waals surface area contributed by atoms with Crippen LogP contribution in [-0.2, 0) is 4.79 Å². The van der Waals surface area contributed by atoms with Gasteiger partial charge >= 0.3 is 0 Å². The number of carbonyl (C=O) groups is 1. The molecule has 0 aliphatic heterocycles. The molecule has 92 valence electrons. The number of carbonyl (C=O) groups excluding carboxylic acids is 1. The molecule has 4 heteroatoms. The van der Waals surface area contributed by atoms with Crippen LogP contribution in [0.25, 0.3) is 0 Å². The number of rotatable bonds is 4. The van der Waals surface area contributed by atoms with Crippen LogP contribution in [-0.4, -0.2) is 6.41 Å². The average Bonchev–Trinajstić information content (AvgIpc) is 2.36. The van der Waals surface area contributed by atoms with Crippen LogP contribution in [0.15, 0.2) is 48.5 Å². The lowest BCUT2D eigenvalue weighted by Gasteiger charge is -2.17. The van der Waals surface area contributed by atoms with E-state index >= 15 is 0 Å². The van der Waals surface area contributed by atoms with Crippen molar-refractivity contribution < 1.29 is 13.6 Å². The highest BCUT2D eigenvalue weighted by molar-refractivity contribution is 5.50. The molecule has 0 spiro atoms.